The number of pyridine rings is 1. The molecule has 2 aromatic rings. The van der Waals surface area contributed by atoms with Gasteiger partial charge in [-0.2, -0.15) is 5.10 Å². The topological polar surface area (TPSA) is 66.8 Å². The van der Waals surface area contributed by atoms with Crippen molar-refractivity contribution < 1.29 is 9.53 Å². The lowest BCUT2D eigenvalue weighted by Crippen LogP contribution is -2.18. The van der Waals surface area contributed by atoms with E-state index in [1.807, 2.05) is 12.1 Å². The van der Waals surface area contributed by atoms with Gasteiger partial charge >= 0.3 is 0 Å². The van der Waals surface area contributed by atoms with Crippen LogP contribution in [0.5, 0.6) is 5.75 Å². The predicted octanol–water partition coefficient (Wildman–Crippen LogP) is 2.45. The Morgan fingerprint density at radius 3 is 2.88 bits per heavy atom. The first kappa shape index (κ1) is 16.0. The summed E-state index contributed by atoms with van der Waals surface area (Å²) in [5, 5.41) is 4.01. The number of hydrogen-bond donors (Lipinski definition) is 1. The average Bonchev–Trinajstić information content (AvgIpc) is 3.17. The van der Waals surface area contributed by atoms with E-state index < -0.39 is 0 Å². The Kier molecular flexibility index (Phi) is 5.05. The fourth-order valence-electron chi connectivity index (χ4n) is 2.70. The summed E-state index contributed by atoms with van der Waals surface area (Å²) in [7, 11) is 1.63. The quantitative estimate of drug-likeness (QED) is 0.678. The molecule has 0 unspecified atom stereocenters. The van der Waals surface area contributed by atoms with E-state index in [0.29, 0.717) is 5.56 Å². The molecule has 1 aliphatic heterocycles. The maximum absolute atomic E-state index is 11.9. The Balaban J connectivity index is 1.68. The van der Waals surface area contributed by atoms with Crippen molar-refractivity contribution >= 4 is 17.8 Å². The molecule has 1 aliphatic rings. The maximum Gasteiger partial charge on any atom is 0.272 e. The van der Waals surface area contributed by atoms with Crippen LogP contribution in [0.15, 0.2) is 47.8 Å². The highest BCUT2D eigenvalue weighted by molar-refractivity contribution is 5.94. The Bertz CT molecular complexity index is 725. The van der Waals surface area contributed by atoms with Crippen LogP contribution in [0.4, 0.5) is 5.69 Å². The summed E-state index contributed by atoms with van der Waals surface area (Å²) in [4.78, 5) is 18.2. The van der Waals surface area contributed by atoms with Crippen LogP contribution < -0.4 is 15.1 Å². The van der Waals surface area contributed by atoms with E-state index in [9.17, 15) is 4.79 Å². The molecule has 1 amide bonds. The molecule has 0 saturated carbocycles. The fraction of sp³-hybridized carbons (Fsp3) is 0.278. The van der Waals surface area contributed by atoms with E-state index in [2.05, 4.69) is 26.5 Å². The van der Waals surface area contributed by atoms with E-state index in [-0.39, 0.29) is 5.91 Å². The van der Waals surface area contributed by atoms with Crippen molar-refractivity contribution in [2.24, 2.45) is 5.10 Å². The zero-order chi connectivity index (χ0) is 16.8. The van der Waals surface area contributed by atoms with Gasteiger partial charge in [0, 0.05) is 42.8 Å². The minimum atomic E-state index is -0.299. The van der Waals surface area contributed by atoms with E-state index >= 15 is 0 Å². The summed E-state index contributed by atoms with van der Waals surface area (Å²) in [6.45, 7) is 2.16. The number of benzene rings is 1. The number of aromatic nitrogens is 1. The van der Waals surface area contributed by atoms with Gasteiger partial charge < -0.3 is 9.64 Å². The third kappa shape index (κ3) is 3.71. The van der Waals surface area contributed by atoms with E-state index in [4.69, 9.17) is 4.74 Å². The number of ether oxygens (including phenoxy) is 1. The van der Waals surface area contributed by atoms with Gasteiger partial charge in [-0.1, -0.05) is 0 Å². The summed E-state index contributed by atoms with van der Waals surface area (Å²) in [5.41, 5.74) is 4.92. The van der Waals surface area contributed by atoms with Crippen LogP contribution in [0.3, 0.4) is 0 Å². The molecule has 24 heavy (non-hydrogen) atoms. The van der Waals surface area contributed by atoms with Crippen molar-refractivity contribution in [3.05, 3.63) is 53.9 Å². The highest BCUT2D eigenvalue weighted by Gasteiger charge is 2.14. The van der Waals surface area contributed by atoms with Crippen LogP contribution in [0, 0.1) is 0 Å². The van der Waals surface area contributed by atoms with Gasteiger partial charge in [-0.05, 0) is 37.1 Å². The Morgan fingerprint density at radius 2 is 2.17 bits per heavy atom. The standard InChI is InChI=1S/C18H20N4O2/c1-24-17-11-16(22-9-2-3-10-22)7-6-14(17)13-20-21-18(23)15-5-4-8-19-12-15/h4-8,11-13H,2-3,9-10H2,1H3,(H,21,23)/b20-13-. The second kappa shape index (κ2) is 7.59. The van der Waals surface area contributed by atoms with Crippen molar-refractivity contribution in [3.63, 3.8) is 0 Å². The van der Waals surface area contributed by atoms with Crippen molar-refractivity contribution in [2.45, 2.75) is 12.8 Å². The summed E-state index contributed by atoms with van der Waals surface area (Å²) in [6, 6.07) is 9.40. The Hall–Kier alpha value is -2.89. The van der Waals surface area contributed by atoms with E-state index in [0.717, 1.165) is 30.1 Å². The minimum absolute atomic E-state index is 0.299. The first-order chi connectivity index (χ1) is 11.8. The fourth-order valence-corrected chi connectivity index (χ4v) is 2.70. The normalized spacial score (nSPS) is 14.1. The molecule has 0 aliphatic carbocycles. The largest absolute Gasteiger partial charge is 0.496 e. The number of hydrogen-bond acceptors (Lipinski definition) is 5. The first-order valence-corrected chi connectivity index (χ1v) is 7.94. The molecule has 3 rings (SSSR count). The van der Waals surface area contributed by atoms with Crippen LogP contribution in [-0.4, -0.2) is 37.3 Å². The smallest absolute Gasteiger partial charge is 0.272 e. The van der Waals surface area contributed by atoms with Crippen LogP contribution in [0.1, 0.15) is 28.8 Å². The molecule has 0 radical (unpaired) electrons. The molecule has 1 aromatic carbocycles. The van der Waals surface area contributed by atoms with Gasteiger partial charge in [0.2, 0.25) is 0 Å². The second-order valence-corrected chi connectivity index (χ2v) is 5.56. The van der Waals surface area contributed by atoms with Crippen molar-refractivity contribution in [1.29, 1.82) is 0 Å². The second-order valence-electron chi connectivity index (χ2n) is 5.56. The summed E-state index contributed by atoms with van der Waals surface area (Å²) in [5.74, 6) is 0.436. The molecule has 1 N–H and O–H groups in total. The monoisotopic (exact) mass is 324 g/mol. The first-order valence-electron chi connectivity index (χ1n) is 7.94. The summed E-state index contributed by atoms with van der Waals surface area (Å²) >= 11 is 0. The third-order valence-corrected chi connectivity index (χ3v) is 3.98. The highest BCUT2D eigenvalue weighted by Crippen LogP contribution is 2.27. The number of anilines is 1. The lowest BCUT2D eigenvalue weighted by Gasteiger charge is -2.18. The number of carbonyl (C=O) groups is 1. The predicted molar refractivity (Wildman–Crippen MR) is 93.7 cm³/mol. The molecule has 0 spiro atoms. The van der Waals surface area contributed by atoms with Gasteiger partial charge in [0.25, 0.3) is 5.91 Å². The molecule has 2 heterocycles. The molecule has 124 valence electrons. The van der Waals surface area contributed by atoms with Gasteiger partial charge in [0.1, 0.15) is 5.75 Å². The summed E-state index contributed by atoms with van der Waals surface area (Å²) in [6.07, 6.45) is 7.15. The number of amides is 1. The highest BCUT2D eigenvalue weighted by atomic mass is 16.5. The van der Waals surface area contributed by atoms with Crippen LogP contribution in [0.25, 0.3) is 0 Å². The number of nitrogens with one attached hydrogen (secondary N) is 1. The van der Waals surface area contributed by atoms with Gasteiger partial charge in [0.15, 0.2) is 0 Å². The van der Waals surface area contributed by atoms with Crippen LogP contribution >= 0.6 is 0 Å². The van der Waals surface area contributed by atoms with E-state index in [1.54, 1.807) is 31.7 Å². The SMILES string of the molecule is COc1cc(N2CCCC2)ccc1/C=N\NC(=O)c1cccnc1. The zero-order valence-corrected chi connectivity index (χ0v) is 13.6. The van der Waals surface area contributed by atoms with Gasteiger partial charge in [-0.25, -0.2) is 5.43 Å². The Morgan fingerprint density at radius 1 is 1.33 bits per heavy atom. The lowest BCUT2D eigenvalue weighted by molar-refractivity contribution is 0.0955. The van der Waals surface area contributed by atoms with Crippen molar-refractivity contribution in [1.82, 2.24) is 10.4 Å². The average molecular weight is 324 g/mol. The number of carbonyl (C=O) groups excluding carboxylic acids is 1. The zero-order valence-electron chi connectivity index (χ0n) is 13.6. The van der Waals surface area contributed by atoms with Crippen molar-refractivity contribution in [2.75, 3.05) is 25.1 Å². The van der Waals surface area contributed by atoms with Crippen LogP contribution in [0.2, 0.25) is 0 Å². The van der Waals surface area contributed by atoms with Crippen LogP contribution in [-0.2, 0) is 0 Å². The summed E-state index contributed by atoms with van der Waals surface area (Å²) < 4.78 is 5.45. The molecule has 6 heteroatoms. The van der Waals surface area contributed by atoms with Gasteiger partial charge in [-0.3, -0.25) is 9.78 Å². The lowest BCUT2D eigenvalue weighted by atomic mass is 10.2. The van der Waals surface area contributed by atoms with Gasteiger partial charge in [-0.15, -0.1) is 0 Å². The number of rotatable bonds is 5. The molecule has 1 saturated heterocycles. The molecular formula is C18H20N4O2. The Labute approximate surface area is 141 Å². The minimum Gasteiger partial charge on any atom is -0.496 e. The number of nitrogens with zero attached hydrogens (tertiary/aromatic N) is 3. The number of hydrazone groups is 1. The molecular weight excluding hydrogens is 304 g/mol. The molecule has 6 nitrogen and oxygen atoms in total. The van der Waals surface area contributed by atoms with Gasteiger partial charge in [0.05, 0.1) is 18.9 Å². The van der Waals surface area contributed by atoms with E-state index in [1.165, 1.54) is 19.0 Å². The molecule has 1 aromatic heterocycles. The molecule has 1 fully saturated rings. The van der Waals surface area contributed by atoms with Crippen molar-refractivity contribution in [3.8, 4) is 5.75 Å². The number of methoxy groups -OCH3 is 1. The molecule has 0 atom stereocenters. The third-order valence-electron chi connectivity index (χ3n) is 3.98. The maximum atomic E-state index is 11.9. The molecule has 0 bridgehead atoms.